The van der Waals surface area contributed by atoms with E-state index < -0.39 is 24.0 Å². The van der Waals surface area contributed by atoms with Gasteiger partial charge in [-0.05, 0) is 20.8 Å². The van der Waals surface area contributed by atoms with Crippen LogP contribution in [0.1, 0.15) is 27.2 Å². The van der Waals surface area contributed by atoms with Crippen LogP contribution in [0.15, 0.2) is 0 Å². The lowest BCUT2D eigenvalue weighted by Crippen LogP contribution is -2.30. The van der Waals surface area contributed by atoms with E-state index in [4.69, 9.17) is 9.47 Å². The van der Waals surface area contributed by atoms with E-state index in [0.717, 1.165) is 0 Å². The van der Waals surface area contributed by atoms with Crippen LogP contribution < -0.4 is 0 Å². The number of hydrogen-bond donors (Lipinski definition) is 1. The minimum absolute atomic E-state index is 0.156. The summed E-state index contributed by atoms with van der Waals surface area (Å²) in [6.45, 7) is 5.90. The lowest BCUT2D eigenvalue weighted by Gasteiger charge is -2.19. The lowest BCUT2D eigenvalue weighted by molar-refractivity contribution is -0.150. The molecule has 1 heterocycles. The summed E-state index contributed by atoms with van der Waals surface area (Å²) in [7, 11) is 0. The quantitative estimate of drug-likeness (QED) is 0.442. The number of aliphatic hydroxyl groups is 1. The fraction of sp³-hybridized carbons (Fsp3) is 0.750. The van der Waals surface area contributed by atoms with Gasteiger partial charge in [0.15, 0.2) is 5.79 Å². The number of esters is 1. The standard InChI is InChI=1S/C12H18O5/c1-4-15-11(14)7-5-6-9(13)10-8-16-12(2,3)17-10/h9-10,13H,4,6,8H2,1-3H3/t9-,10-/m0/s1. The van der Waals surface area contributed by atoms with Gasteiger partial charge < -0.3 is 19.3 Å². The molecule has 17 heavy (non-hydrogen) atoms. The van der Waals surface area contributed by atoms with Gasteiger partial charge in [0.05, 0.1) is 19.3 Å². The lowest BCUT2D eigenvalue weighted by atomic mass is 10.1. The molecule has 1 rings (SSSR count). The summed E-state index contributed by atoms with van der Waals surface area (Å²) >= 11 is 0. The minimum atomic E-state index is -0.765. The van der Waals surface area contributed by atoms with Crippen LogP contribution in [0.25, 0.3) is 0 Å². The fourth-order valence-electron chi connectivity index (χ4n) is 1.43. The molecule has 0 radical (unpaired) electrons. The van der Waals surface area contributed by atoms with Gasteiger partial charge in [0.2, 0.25) is 0 Å². The van der Waals surface area contributed by atoms with Crippen molar-refractivity contribution in [3.63, 3.8) is 0 Å². The zero-order chi connectivity index (χ0) is 12.9. The normalized spacial score (nSPS) is 23.6. The topological polar surface area (TPSA) is 65.0 Å². The maximum absolute atomic E-state index is 10.9. The summed E-state index contributed by atoms with van der Waals surface area (Å²) < 4.78 is 15.4. The Kier molecular flexibility index (Phi) is 4.94. The van der Waals surface area contributed by atoms with Crippen molar-refractivity contribution in [2.75, 3.05) is 13.2 Å². The van der Waals surface area contributed by atoms with E-state index in [-0.39, 0.29) is 6.42 Å². The molecule has 1 aliphatic rings. The highest BCUT2D eigenvalue weighted by molar-refractivity contribution is 5.88. The third kappa shape index (κ3) is 4.73. The van der Waals surface area contributed by atoms with E-state index in [1.54, 1.807) is 20.8 Å². The monoisotopic (exact) mass is 242 g/mol. The smallest absolute Gasteiger partial charge is 0.384 e. The Labute approximate surface area is 101 Å². The number of hydrogen-bond acceptors (Lipinski definition) is 5. The summed E-state index contributed by atoms with van der Waals surface area (Å²) in [6, 6.07) is 0. The molecule has 0 amide bonds. The highest BCUT2D eigenvalue weighted by Crippen LogP contribution is 2.24. The molecule has 5 heteroatoms. The predicted octanol–water partition coefficient (Wildman–Crippen LogP) is 0.455. The Morgan fingerprint density at radius 2 is 2.35 bits per heavy atom. The van der Waals surface area contributed by atoms with Crippen LogP contribution in [0.4, 0.5) is 0 Å². The highest BCUT2D eigenvalue weighted by atomic mass is 16.7. The third-order valence-corrected chi connectivity index (χ3v) is 2.24. The number of carbonyl (C=O) groups excluding carboxylic acids is 1. The van der Waals surface area contributed by atoms with Gasteiger partial charge in [-0.15, -0.1) is 0 Å². The minimum Gasteiger partial charge on any atom is -0.456 e. The van der Waals surface area contributed by atoms with Crippen molar-refractivity contribution in [2.24, 2.45) is 0 Å². The molecule has 2 atom stereocenters. The van der Waals surface area contributed by atoms with Crippen molar-refractivity contribution in [3.05, 3.63) is 0 Å². The summed E-state index contributed by atoms with van der Waals surface area (Å²) in [5, 5.41) is 9.76. The van der Waals surface area contributed by atoms with Crippen molar-refractivity contribution in [1.29, 1.82) is 0 Å². The zero-order valence-electron chi connectivity index (χ0n) is 10.4. The molecule has 0 bridgehead atoms. The second-order valence-corrected chi connectivity index (χ2v) is 4.16. The maximum atomic E-state index is 10.9. The summed E-state index contributed by atoms with van der Waals surface area (Å²) in [5.74, 6) is 3.61. The first-order valence-electron chi connectivity index (χ1n) is 5.60. The molecule has 1 saturated heterocycles. The van der Waals surface area contributed by atoms with E-state index in [2.05, 4.69) is 16.6 Å². The van der Waals surface area contributed by atoms with E-state index in [9.17, 15) is 9.90 Å². The van der Waals surface area contributed by atoms with Crippen LogP contribution in [-0.2, 0) is 19.0 Å². The van der Waals surface area contributed by atoms with E-state index in [1.807, 2.05) is 0 Å². The van der Waals surface area contributed by atoms with Gasteiger partial charge in [0, 0.05) is 12.3 Å². The molecule has 96 valence electrons. The first-order valence-corrected chi connectivity index (χ1v) is 5.60. The van der Waals surface area contributed by atoms with Crippen LogP contribution in [-0.4, -0.2) is 42.3 Å². The SMILES string of the molecule is CCOC(=O)C#CC[C@H](O)[C@@H]1COC(C)(C)O1. The molecular formula is C12H18O5. The second-order valence-electron chi connectivity index (χ2n) is 4.16. The van der Waals surface area contributed by atoms with E-state index in [1.165, 1.54) is 0 Å². The molecule has 5 nitrogen and oxygen atoms in total. The van der Waals surface area contributed by atoms with E-state index in [0.29, 0.717) is 13.2 Å². The Balaban J connectivity index is 2.35. The molecule has 0 aliphatic carbocycles. The molecule has 0 aromatic carbocycles. The van der Waals surface area contributed by atoms with Crippen molar-refractivity contribution in [3.8, 4) is 11.8 Å². The largest absolute Gasteiger partial charge is 0.456 e. The van der Waals surface area contributed by atoms with Gasteiger partial charge in [0.1, 0.15) is 6.10 Å². The zero-order valence-corrected chi connectivity index (χ0v) is 10.4. The van der Waals surface area contributed by atoms with Crippen LogP contribution in [0, 0.1) is 11.8 Å². The molecule has 0 unspecified atom stereocenters. The maximum Gasteiger partial charge on any atom is 0.384 e. The van der Waals surface area contributed by atoms with Crippen LogP contribution in [0.3, 0.4) is 0 Å². The Morgan fingerprint density at radius 1 is 1.65 bits per heavy atom. The summed E-state index contributed by atoms with van der Waals surface area (Å²) in [6.07, 6.45) is -1.01. The Hall–Kier alpha value is -1.09. The van der Waals surface area contributed by atoms with Crippen molar-refractivity contribution < 1.29 is 24.1 Å². The van der Waals surface area contributed by atoms with E-state index >= 15 is 0 Å². The third-order valence-electron chi connectivity index (χ3n) is 2.24. The van der Waals surface area contributed by atoms with Crippen LogP contribution in [0.5, 0.6) is 0 Å². The number of carbonyl (C=O) groups is 1. The number of rotatable bonds is 3. The second kappa shape index (κ2) is 6.01. The molecule has 0 aromatic heterocycles. The highest BCUT2D eigenvalue weighted by Gasteiger charge is 2.36. The average molecular weight is 242 g/mol. The van der Waals surface area contributed by atoms with Crippen LogP contribution in [0.2, 0.25) is 0 Å². The average Bonchev–Trinajstić information content (AvgIpc) is 2.59. The summed E-state index contributed by atoms with van der Waals surface area (Å²) in [5.41, 5.74) is 0. The molecule has 1 fully saturated rings. The van der Waals surface area contributed by atoms with Gasteiger partial charge in [-0.25, -0.2) is 4.79 Å². The first kappa shape index (κ1) is 14.0. The Morgan fingerprint density at radius 3 is 2.88 bits per heavy atom. The van der Waals surface area contributed by atoms with Crippen LogP contribution >= 0.6 is 0 Å². The van der Waals surface area contributed by atoms with Gasteiger partial charge in [-0.3, -0.25) is 0 Å². The molecule has 1 N–H and O–H groups in total. The molecule has 0 aromatic rings. The Bertz CT molecular complexity index is 326. The summed E-state index contributed by atoms with van der Waals surface area (Å²) in [4.78, 5) is 10.9. The first-order chi connectivity index (χ1) is 7.94. The van der Waals surface area contributed by atoms with Crippen molar-refractivity contribution in [1.82, 2.24) is 0 Å². The predicted molar refractivity (Wildman–Crippen MR) is 59.9 cm³/mol. The number of ether oxygens (including phenoxy) is 3. The van der Waals surface area contributed by atoms with Gasteiger partial charge >= 0.3 is 5.97 Å². The van der Waals surface area contributed by atoms with Gasteiger partial charge in [-0.2, -0.15) is 0 Å². The fourth-order valence-corrected chi connectivity index (χ4v) is 1.43. The molecule has 0 saturated carbocycles. The van der Waals surface area contributed by atoms with Gasteiger partial charge in [0.25, 0.3) is 0 Å². The van der Waals surface area contributed by atoms with Crippen molar-refractivity contribution in [2.45, 2.75) is 45.2 Å². The molecular weight excluding hydrogens is 224 g/mol. The molecule has 0 spiro atoms. The van der Waals surface area contributed by atoms with Gasteiger partial charge in [-0.1, -0.05) is 5.92 Å². The molecule has 1 aliphatic heterocycles. The van der Waals surface area contributed by atoms with Crippen molar-refractivity contribution >= 4 is 5.97 Å². The number of aliphatic hydroxyl groups excluding tert-OH is 1.